The SMILES string of the molecule is CC.CC(C)CNC[C@@H](C)N. The van der Waals surface area contributed by atoms with Gasteiger partial charge in [-0.05, 0) is 19.4 Å². The summed E-state index contributed by atoms with van der Waals surface area (Å²) < 4.78 is 0. The molecule has 0 spiro atoms. The lowest BCUT2D eigenvalue weighted by Gasteiger charge is -2.08. The van der Waals surface area contributed by atoms with Crippen molar-refractivity contribution in [3.8, 4) is 0 Å². The van der Waals surface area contributed by atoms with Crippen LogP contribution in [0, 0.1) is 5.92 Å². The van der Waals surface area contributed by atoms with Crippen LogP contribution in [0.4, 0.5) is 0 Å². The van der Waals surface area contributed by atoms with Crippen LogP contribution in [0.5, 0.6) is 0 Å². The minimum Gasteiger partial charge on any atom is -0.327 e. The standard InChI is InChI=1S/C7H18N2.C2H6/c1-6(2)4-9-5-7(3)8;1-2/h6-7,9H,4-5,8H2,1-3H3;1-2H3/t7-;/m1./s1. The maximum Gasteiger partial charge on any atom is 0.0136 e. The molecule has 0 unspecified atom stereocenters. The fourth-order valence-electron chi connectivity index (χ4n) is 0.600. The average Bonchev–Trinajstić information content (AvgIpc) is 1.90. The van der Waals surface area contributed by atoms with Gasteiger partial charge in [-0.15, -0.1) is 0 Å². The van der Waals surface area contributed by atoms with Crippen LogP contribution in [0.15, 0.2) is 0 Å². The second kappa shape index (κ2) is 9.92. The lowest BCUT2D eigenvalue weighted by molar-refractivity contribution is 0.527. The zero-order chi connectivity index (χ0) is 9.28. The van der Waals surface area contributed by atoms with Crippen molar-refractivity contribution in [3.05, 3.63) is 0 Å². The van der Waals surface area contributed by atoms with Crippen molar-refractivity contribution in [2.24, 2.45) is 11.7 Å². The van der Waals surface area contributed by atoms with Crippen LogP contribution in [0.2, 0.25) is 0 Å². The first-order chi connectivity index (χ1) is 5.13. The van der Waals surface area contributed by atoms with E-state index in [1.807, 2.05) is 20.8 Å². The molecule has 0 aromatic rings. The molecule has 0 aromatic heterocycles. The number of hydrogen-bond donors (Lipinski definition) is 2. The topological polar surface area (TPSA) is 38.0 Å². The molecule has 70 valence electrons. The highest BCUT2D eigenvalue weighted by Gasteiger charge is 1.94. The number of rotatable bonds is 4. The fraction of sp³-hybridized carbons (Fsp3) is 1.00. The van der Waals surface area contributed by atoms with Crippen LogP contribution in [0.25, 0.3) is 0 Å². The Labute approximate surface area is 71.6 Å². The fourth-order valence-corrected chi connectivity index (χ4v) is 0.600. The minimum absolute atomic E-state index is 0.281. The van der Waals surface area contributed by atoms with Gasteiger partial charge in [-0.2, -0.15) is 0 Å². The quantitative estimate of drug-likeness (QED) is 0.655. The molecule has 0 aliphatic heterocycles. The lowest BCUT2D eigenvalue weighted by atomic mass is 10.2. The largest absolute Gasteiger partial charge is 0.327 e. The van der Waals surface area contributed by atoms with E-state index in [1.165, 1.54) is 0 Å². The molecule has 0 radical (unpaired) electrons. The Morgan fingerprint density at radius 3 is 1.82 bits per heavy atom. The molecule has 0 aliphatic rings. The Bertz CT molecular complexity index is 52.6. The third-order valence-corrected chi connectivity index (χ3v) is 1.02. The van der Waals surface area contributed by atoms with Crippen molar-refractivity contribution in [1.82, 2.24) is 5.32 Å². The maximum absolute atomic E-state index is 5.52. The van der Waals surface area contributed by atoms with E-state index in [2.05, 4.69) is 19.2 Å². The Morgan fingerprint density at radius 1 is 1.09 bits per heavy atom. The summed E-state index contributed by atoms with van der Waals surface area (Å²) in [7, 11) is 0. The second-order valence-electron chi connectivity index (χ2n) is 3.03. The number of nitrogens with two attached hydrogens (primary N) is 1. The van der Waals surface area contributed by atoms with Crippen LogP contribution in [0.3, 0.4) is 0 Å². The molecule has 11 heavy (non-hydrogen) atoms. The second-order valence-corrected chi connectivity index (χ2v) is 3.03. The molecule has 0 bridgehead atoms. The van der Waals surface area contributed by atoms with E-state index in [9.17, 15) is 0 Å². The van der Waals surface area contributed by atoms with Gasteiger partial charge in [0.15, 0.2) is 0 Å². The summed E-state index contributed by atoms with van der Waals surface area (Å²) in [4.78, 5) is 0. The maximum atomic E-state index is 5.52. The number of hydrogen-bond acceptors (Lipinski definition) is 2. The highest BCUT2D eigenvalue weighted by atomic mass is 14.9. The molecule has 0 saturated carbocycles. The summed E-state index contributed by atoms with van der Waals surface area (Å²) in [5, 5.41) is 3.26. The van der Waals surface area contributed by atoms with E-state index in [4.69, 9.17) is 5.73 Å². The van der Waals surface area contributed by atoms with Crippen LogP contribution in [0.1, 0.15) is 34.6 Å². The van der Waals surface area contributed by atoms with Gasteiger partial charge in [0.25, 0.3) is 0 Å². The molecule has 2 nitrogen and oxygen atoms in total. The van der Waals surface area contributed by atoms with E-state index in [0.29, 0.717) is 0 Å². The first kappa shape index (κ1) is 13.5. The van der Waals surface area contributed by atoms with Gasteiger partial charge in [0.1, 0.15) is 0 Å². The van der Waals surface area contributed by atoms with Gasteiger partial charge < -0.3 is 11.1 Å². The molecule has 0 aromatic carbocycles. The summed E-state index contributed by atoms with van der Waals surface area (Å²) in [6, 6.07) is 0.281. The molecule has 2 heteroatoms. The molecule has 0 heterocycles. The monoisotopic (exact) mass is 160 g/mol. The Kier molecular flexibility index (Phi) is 12.2. The molecule has 0 saturated heterocycles. The molecular formula is C9H24N2. The van der Waals surface area contributed by atoms with Gasteiger partial charge in [-0.25, -0.2) is 0 Å². The molecule has 0 aliphatic carbocycles. The zero-order valence-corrected chi connectivity index (χ0v) is 8.65. The van der Waals surface area contributed by atoms with Gasteiger partial charge >= 0.3 is 0 Å². The van der Waals surface area contributed by atoms with Crippen LogP contribution < -0.4 is 11.1 Å². The lowest BCUT2D eigenvalue weighted by Crippen LogP contribution is -2.33. The first-order valence-electron chi connectivity index (χ1n) is 4.59. The molecule has 1 atom stereocenters. The summed E-state index contributed by atoms with van der Waals surface area (Å²) in [5.41, 5.74) is 5.52. The Hall–Kier alpha value is -0.0800. The van der Waals surface area contributed by atoms with Crippen molar-refractivity contribution in [1.29, 1.82) is 0 Å². The summed E-state index contributed by atoms with van der Waals surface area (Å²) in [6.45, 7) is 12.4. The third-order valence-electron chi connectivity index (χ3n) is 1.02. The minimum atomic E-state index is 0.281. The van der Waals surface area contributed by atoms with E-state index in [0.717, 1.165) is 19.0 Å². The average molecular weight is 160 g/mol. The van der Waals surface area contributed by atoms with Crippen LogP contribution >= 0.6 is 0 Å². The first-order valence-corrected chi connectivity index (χ1v) is 4.59. The van der Waals surface area contributed by atoms with E-state index < -0.39 is 0 Å². The highest BCUT2D eigenvalue weighted by molar-refractivity contribution is 4.58. The normalized spacial score (nSPS) is 12.3. The molecule has 0 amide bonds. The van der Waals surface area contributed by atoms with Gasteiger partial charge in [0.2, 0.25) is 0 Å². The van der Waals surface area contributed by atoms with E-state index in [1.54, 1.807) is 0 Å². The van der Waals surface area contributed by atoms with Gasteiger partial charge in [-0.1, -0.05) is 27.7 Å². The van der Waals surface area contributed by atoms with Crippen molar-refractivity contribution in [2.45, 2.75) is 40.7 Å². The summed E-state index contributed by atoms with van der Waals surface area (Å²) in [6.07, 6.45) is 0. The molecular weight excluding hydrogens is 136 g/mol. The van der Waals surface area contributed by atoms with Crippen molar-refractivity contribution >= 4 is 0 Å². The van der Waals surface area contributed by atoms with Gasteiger partial charge in [0.05, 0.1) is 0 Å². The van der Waals surface area contributed by atoms with Crippen molar-refractivity contribution in [2.75, 3.05) is 13.1 Å². The smallest absolute Gasteiger partial charge is 0.0136 e. The van der Waals surface area contributed by atoms with E-state index >= 15 is 0 Å². The highest BCUT2D eigenvalue weighted by Crippen LogP contribution is 1.86. The summed E-state index contributed by atoms with van der Waals surface area (Å²) in [5.74, 6) is 0.726. The van der Waals surface area contributed by atoms with Crippen molar-refractivity contribution in [3.63, 3.8) is 0 Å². The zero-order valence-electron chi connectivity index (χ0n) is 8.65. The van der Waals surface area contributed by atoms with Crippen molar-refractivity contribution < 1.29 is 0 Å². The van der Waals surface area contributed by atoms with Gasteiger partial charge in [-0.3, -0.25) is 0 Å². The number of nitrogens with one attached hydrogen (secondary N) is 1. The molecule has 0 fully saturated rings. The van der Waals surface area contributed by atoms with Crippen LogP contribution in [-0.4, -0.2) is 19.1 Å². The molecule has 3 N–H and O–H groups in total. The van der Waals surface area contributed by atoms with E-state index in [-0.39, 0.29) is 6.04 Å². The Morgan fingerprint density at radius 2 is 1.55 bits per heavy atom. The van der Waals surface area contributed by atoms with Crippen LogP contribution in [-0.2, 0) is 0 Å². The van der Waals surface area contributed by atoms with Gasteiger partial charge in [0, 0.05) is 12.6 Å². The predicted octanol–water partition coefficient (Wildman–Crippen LogP) is 1.61. The molecule has 0 rings (SSSR count). The Balaban J connectivity index is 0. The predicted molar refractivity (Wildman–Crippen MR) is 52.7 cm³/mol. The summed E-state index contributed by atoms with van der Waals surface area (Å²) >= 11 is 0. The third kappa shape index (κ3) is 17.8.